The Morgan fingerprint density at radius 3 is 2.57 bits per heavy atom. The van der Waals surface area contributed by atoms with Gasteiger partial charge in [-0.2, -0.15) is 0 Å². The summed E-state index contributed by atoms with van der Waals surface area (Å²) in [6, 6.07) is 18.4. The second-order valence-electron chi connectivity index (χ2n) is 7.14. The lowest BCUT2D eigenvalue weighted by Crippen LogP contribution is -2.40. The van der Waals surface area contributed by atoms with E-state index in [1.165, 1.54) is 5.56 Å². The van der Waals surface area contributed by atoms with Crippen molar-refractivity contribution in [2.24, 2.45) is 10.9 Å². The Labute approximate surface area is 168 Å². The molecule has 1 aliphatic heterocycles. The predicted molar refractivity (Wildman–Crippen MR) is 114 cm³/mol. The van der Waals surface area contributed by atoms with Crippen LogP contribution in [0.3, 0.4) is 0 Å². The van der Waals surface area contributed by atoms with Crippen LogP contribution in [0.25, 0.3) is 0 Å². The second-order valence-corrected chi connectivity index (χ2v) is 7.14. The van der Waals surface area contributed by atoms with E-state index in [-0.39, 0.29) is 0 Å². The number of hydrogen-bond acceptors (Lipinski definition) is 3. The lowest BCUT2D eigenvalue weighted by atomic mass is 10.1. The third kappa shape index (κ3) is 5.99. The van der Waals surface area contributed by atoms with Gasteiger partial charge in [0.2, 0.25) is 0 Å². The molecule has 28 heavy (non-hydrogen) atoms. The number of nitrogens with zero attached hydrogens (tertiary/aromatic N) is 2. The van der Waals surface area contributed by atoms with E-state index in [0.29, 0.717) is 19.1 Å². The Balaban J connectivity index is 1.54. The maximum Gasteiger partial charge on any atom is 0.194 e. The molecular weight excluding hydrogens is 350 g/mol. The molecule has 2 aromatic rings. The van der Waals surface area contributed by atoms with Crippen LogP contribution in [0.15, 0.2) is 59.6 Å². The quantitative estimate of drug-likeness (QED) is 0.559. The third-order valence-corrected chi connectivity index (χ3v) is 4.91. The van der Waals surface area contributed by atoms with E-state index in [2.05, 4.69) is 41.4 Å². The Kier molecular flexibility index (Phi) is 7.73. The van der Waals surface area contributed by atoms with Crippen molar-refractivity contribution in [1.82, 2.24) is 10.2 Å². The largest absolute Gasteiger partial charge is 0.489 e. The predicted octanol–water partition coefficient (Wildman–Crippen LogP) is 3.70. The highest BCUT2D eigenvalue weighted by molar-refractivity contribution is 5.80. The summed E-state index contributed by atoms with van der Waals surface area (Å²) in [5.41, 5.74) is 2.36. The fourth-order valence-corrected chi connectivity index (χ4v) is 3.41. The Morgan fingerprint density at radius 2 is 1.86 bits per heavy atom. The minimum atomic E-state index is 0.574. The zero-order valence-corrected chi connectivity index (χ0v) is 16.9. The SMILES string of the molecule is CCNC(=NCc1ccc(COc2ccccc2)cc1)N1CCC(COC)C1. The topological polar surface area (TPSA) is 46.1 Å². The highest BCUT2D eigenvalue weighted by Gasteiger charge is 2.24. The zero-order chi connectivity index (χ0) is 19.6. The van der Waals surface area contributed by atoms with E-state index >= 15 is 0 Å². The normalized spacial score (nSPS) is 17.0. The fourth-order valence-electron chi connectivity index (χ4n) is 3.41. The molecule has 1 unspecified atom stereocenters. The van der Waals surface area contributed by atoms with Crippen LogP contribution in [0.5, 0.6) is 5.75 Å². The van der Waals surface area contributed by atoms with Crippen LogP contribution in [0.4, 0.5) is 0 Å². The van der Waals surface area contributed by atoms with Crippen LogP contribution in [0.2, 0.25) is 0 Å². The Morgan fingerprint density at radius 1 is 1.11 bits per heavy atom. The van der Waals surface area contributed by atoms with Crippen molar-refractivity contribution in [3.8, 4) is 5.75 Å². The van der Waals surface area contributed by atoms with Gasteiger partial charge in [-0.1, -0.05) is 42.5 Å². The molecule has 1 aliphatic rings. The molecule has 1 atom stereocenters. The van der Waals surface area contributed by atoms with Crippen molar-refractivity contribution in [3.63, 3.8) is 0 Å². The lowest BCUT2D eigenvalue weighted by Gasteiger charge is -2.21. The van der Waals surface area contributed by atoms with Gasteiger partial charge in [0, 0.05) is 32.7 Å². The molecule has 0 radical (unpaired) electrons. The molecule has 150 valence electrons. The lowest BCUT2D eigenvalue weighted by molar-refractivity contribution is 0.157. The van der Waals surface area contributed by atoms with Gasteiger partial charge >= 0.3 is 0 Å². The number of nitrogens with one attached hydrogen (secondary N) is 1. The highest BCUT2D eigenvalue weighted by Crippen LogP contribution is 2.17. The molecule has 1 fully saturated rings. The first kappa shape index (κ1) is 20.2. The average molecular weight is 382 g/mol. The van der Waals surface area contributed by atoms with E-state index in [4.69, 9.17) is 14.5 Å². The molecule has 5 nitrogen and oxygen atoms in total. The van der Waals surface area contributed by atoms with Crippen molar-refractivity contribution < 1.29 is 9.47 Å². The standard InChI is InChI=1S/C23H31N3O2/c1-3-24-23(26-14-13-21(16-26)17-27-2)25-15-19-9-11-20(12-10-19)18-28-22-7-5-4-6-8-22/h4-12,21H,3,13-18H2,1-2H3,(H,24,25). The number of likely N-dealkylation sites (tertiary alicyclic amines) is 1. The van der Waals surface area contributed by atoms with Gasteiger partial charge in [-0.05, 0) is 36.6 Å². The molecule has 3 rings (SSSR count). The summed E-state index contributed by atoms with van der Waals surface area (Å²) in [7, 11) is 1.77. The molecule has 1 heterocycles. The molecule has 5 heteroatoms. The van der Waals surface area contributed by atoms with Gasteiger partial charge in [-0.15, -0.1) is 0 Å². The molecule has 2 aromatic carbocycles. The second kappa shape index (κ2) is 10.7. The molecule has 1 saturated heterocycles. The van der Waals surface area contributed by atoms with E-state index < -0.39 is 0 Å². The van der Waals surface area contributed by atoms with Crippen molar-refractivity contribution in [3.05, 3.63) is 65.7 Å². The molecule has 0 saturated carbocycles. The Bertz CT molecular complexity index is 731. The molecule has 0 spiro atoms. The molecule has 1 N–H and O–H groups in total. The smallest absolute Gasteiger partial charge is 0.194 e. The van der Waals surface area contributed by atoms with E-state index in [9.17, 15) is 0 Å². The summed E-state index contributed by atoms with van der Waals surface area (Å²) in [5.74, 6) is 2.49. The van der Waals surface area contributed by atoms with Crippen molar-refractivity contribution in [1.29, 1.82) is 0 Å². The first-order chi connectivity index (χ1) is 13.8. The molecule has 0 amide bonds. The average Bonchev–Trinajstić information content (AvgIpc) is 3.20. The number of hydrogen-bond donors (Lipinski definition) is 1. The van der Waals surface area contributed by atoms with Crippen LogP contribution in [-0.4, -0.2) is 44.2 Å². The molecular formula is C23H31N3O2. The zero-order valence-electron chi connectivity index (χ0n) is 16.9. The van der Waals surface area contributed by atoms with Gasteiger partial charge in [0.05, 0.1) is 13.2 Å². The van der Waals surface area contributed by atoms with Crippen molar-refractivity contribution in [2.45, 2.75) is 26.5 Å². The van der Waals surface area contributed by atoms with Gasteiger partial charge < -0.3 is 19.7 Å². The third-order valence-electron chi connectivity index (χ3n) is 4.91. The number of para-hydroxylation sites is 1. The first-order valence-electron chi connectivity index (χ1n) is 10.1. The van der Waals surface area contributed by atoms with Crippen LogP contribution in [0.1, 0.15) is 24.5 Å². The first-order valence-corrected chi connectivity index (χ1v) is 10.1. The molecule has 0 aliphatic carbocycles. The summed E-state index contributed by atoms with van der Waals surface area (Å²) >= 11 is 0. The summed E-state index contributed by atoms with van der Waals surface area (Å²) in [4.78, 5) is 7.19. The fraction of sp³-hybridized carbons (Fsp3) is 0.435. The van der Waals surface area contributed by atoms with E-state index in [1.54, 1.807) is 7.11 Å². The van der Waals surface area contributed by atoms with Gasteiger partial charge in [-0.25, -0.2) is 4.99 Å². The summed E-state index contributed by atoms with van der Waals surface area (Å²) in [6.07, 6.45) is 1.16. The van der Waals surface area contributed by atoms with Crippen LogP contribution in [0, 0.1) is 5.92 Å². The summed E-state index contributed by atoms with van der Waals surface area (Å²) < 4.78 is 11.1. The minimum absolute atomic E-state index is 0.574. The van der Waals surface area contributed by atoms with E-state index in [1.807, 2.05) is 30.3 Å². The number of rotatable bonds is 8. The maximum absolute atomic E-state index is 5.80. The van der Waals surface area contributed by atoms with Crippen molar-refractivity contribution in [2.75, 3.05) is 33.4 Å². The number of guanidine groups is 1. The monoisotopic (exact) mass is 381 g/mol. The number of ether oxygens (including phenoxy) is 2. The van der Waals surface area contributed by atoms with Crippen LogP contribution >= 0.6 is 0 Å². The molecule has 0 bridgehead atoms. The number of methoxy groups -OCH3 is 1. The maximum atomic E-state index is 5.80. The Hall–Kier alpha value is -2.53. The van der Waals surface area contributed by atoms with Gasteiger partial charge in [0.1, 0.15) is 12.4 Å². The van der Waals surface area contributed by atoms with Gasteiger partial charge in [0.25, 0.3) is 0 Å². The van der Waals surface area contributed by atoms with E-state index in [0.717, 1.165) is 49.9 Å². The minimum Gasteiger partial charge on any atom is -0.489 e. The number of benzene rings is 2. The summed E-state index contributed by atoms with van der Waals surface area (Å²) in [5, 5.41) is 3.42. The van der Waals surface area contributed by atoms with Gasteiger partial charge in [-0.3, -0.25) is 0 Å². The van der Waals surface area contributed by atoms with Gasteiger partial charge in [0.15, 0.2) is 5.96 Å². The van der Waals surface area contributed by atoms with Crippen molar-refractivity contribution >= 4 is 5.96 Å². The van der Waals surface area contributed by atoms with Crippen LogP contribution in [-0.2, 0) is 17.9 Å². The highest BCUT2D eigenvalue weighted by atomic mass is 16.5. The summed E-state index contributed by atoms with van der Waals surface area (Å²) in [6.45, 7) is 7.10. The molecule has 0 aromatic heterocycles. The number of aliphatic imine (C=N–C) groups is 1. The van der Waals surface area contributed by atoms with Crippen LogP contribution < -0.4 is 10.1 Å².